The average Bonchev–Trinajstić information content (AvgIpc) is 2.58. The van der Waals surface area contributed by atoms with Crippen molar-refractivity contribution in [2.75, 3.05) is 0 Å². The van der Waals surface area contributed by atoms with E-state index in [2.05, 4.69) is 19.1 Å². The molecule has 0 radical (unpaired) electrons. The van der Waals surface area contributed by atoms with Crippen LogP contribution in [0.3, 0.4) is 0 Å². The maximum absolute atomic E-state index is 14.4. The van der Waals surface area contributed by atoms with Crippen LogP contribution < -0.4 is 0 Å². The molecule has 0 heterocycles. The zero-order valence-electron chi connectivity index (χ0n) is 14.8. The second kappa shape index (κ2) is 7.04. The van der Waals surface area contributed by atoms with Gasteiger partial charge in [0.25, 0.3) is 0 Å². The van der Waals surface area contributed by atoms with Crippen LogP contribution in [-0.4, -0.2) is 0 Å². The number of halogens is 2. The number of benzene rings is 2. The predicted octanol–water partition coefficient (Wildman–Crippen LogP) is 7.05. The van der Waals surface area contributed by atoms with E-state index in [0.29, 0.717) is 17.0 Å². The SMILES string of the molecule is CC1CCC(c2ccc(-c3ccc(C(C)C)c(F)c3F)cc2)CC1. The van der Waals surface area contributed by atoms with Crippen LogP contribution in [0, 0.1) is 17.6 Å². The van der Waals surface area contributed by atoms with Crippen molar-refractivity contribution < 1.29 is 8.78 Å². The topological polar surface area (TPSA) is 0 Å². The number of rotatable bonds is 3. The van der Waals surface area contributed by atoms with Crippen LogP contribution in [0.25, 0.3) is 11.1 Å². The number of hydrogen-bond acceptors (Lipinski definition) is 0. The molecule has 24 heavy (non-hydrogen) atoms. The summed E-state index contributed by atoms with van der Waals surface area (Å²) >= 11 is 0. The first-order valence-corrected chi connectivity index (χ1v) is 9.05. The fourth-order valence-corrected chi connectivity index (χ4v) is 3.76. The molecule has 0 amide bonds. The van der Waals surface area contributed by atoms with Crippen LogP contribution in [0.1, 0.15) is 69.4 Å². The highest BCUT2D eigenvalue weighted by molar-refractivity contribution is 5.65. The highest BCUT2D eigenvalue weighted by atomic mass is 19.2. The van der Waals surface area contributed by atoms with E-state index in [9.17, 15) is 8.78 Å². The molecule has 0 aromatic heterocycles. The predicted molar refractivity (Wildman–Crippen MR) is 96.3 cm³/mol. The van der Waals surface area contributed by atoms with E-state index in [1.807, 2.05) is 26.0 Å². The first kappa shape index (κ1) is 17.1. The summed E-state index contributed by atoms with van der Waals surface area (Å²) in [6.45, 7) is 6.06. The van der Waals surface area contributed by atoms with Crippen molar-refractivity contribution in [3.63, 3.8) is 0 Å². The molecule has 1 saturated carbocycles. The lowest BCUT2D eigenvalue weighted by molar-refractivity contribution is 0.348. The van der Waals surface area contributed by atoms with Crippen LogP contribution in [0.2, 0.25) is 0 Å². The molecular formula is C22H26F2. The van der Waals surface area contributed by atoms with Gasteiger partial charge in [-0.15, -0.1) is 0 Å². The molecule has 0 N–H and O–H groups in total. The monoisotopic (exact) mass is 328 g/mol. The van der Waals surface area contributed by atoms with Gasteiger partial charge >= 0.3 is 0 Å². The lowest BCUT2D eigenvalue weighted by atomic mass is 9.79. The second-order valence-electron chi connectivity index (χ2n) is 7.56. The highest BCUT2D eigenvalue weighted by Gasteiger charge is 2.20. The molecule has 0 nitrogen and oxygen atoms in total. The maximum atomic E-state index is 14.4. The Hall–Kier alpha value is -1.70. The van der Waals surface area contributed by atoms with Gasteiger partial charge in [-0.3, -0.25) is 0 Å². The average molecular weight is 328 g/mol. The summed E-state index contributed by atoms with van der Waals surface area (Å²) in [5.74, 6) is -0.0323. The standard InChI is InChI=1S/C22H26F2/c1-14(2)19-12-13-20(22(24)21(19)23)18-10-8-17(9-11-18)16-6-4-15(3)5-7-16/h8-16H,4-7H2,1-3H3. The van der Waals surface area contributed by atoms with E-state index in [0.717, 1.165) is 11.5 Å². The third-order valence-corrected chi connectivity index (χ3v) is 5.44. The molecule has 0 aliphatic heterocycles. The zero-order valence-corrected chi connectivity index (χ0v) is 14.8. The van der Waals surface area contributed by atoms with Crippen molar-refractivity contribution in [1.29, 1.82) is 0 Å². The van der Waals surface area contributed by atoms with Gasteiger partial charge in [0, 0.05) is 5.56 Å². The maximum Gasteiger partial charge on any atom is 0.166 e. The van der Waals surface area contributed by atoms with E-state index >= 15 is 0 Å². The third-order valence-electron chi connectivity index (χ3n) is 5.44. The normalized spacial score (nSPS) is 21.2. The molecule has 2 aromatic rings. The summed E-state index contributed by atoms with van der Waals surface area (Å²) in [5.41, 5.74) is 2.85. The second-order valence-corrected chi connectivity index (χ2v) is 7.56. The van der Waals surface area contributed by atoms with E-state index in [4.69, 9.17) is 0 Å². The van der Waals surface area contributed by atoms with E-state index in [1.165, 1.54) is 31.2 Å². The minimum absolute atomic E-state index is 0.0235. The molecule has 128 valence electrons. The quantitative estimate of drug-likeness (QED) is 0.566. The van der Waals surface area contributed by atoms with Crippen LogP contribution >= 0.6 is 0 Å². The van der Waals surface area contributed by atoms with Gasteiger partial charge in [0.05, 0.1) is 0 Å². The molecule has 1 aliphatic carbocycles. The molecule has 0 atom stereocenters. The summed E-state index contributed by atoms with van der Waals surface area (Å²) < 4.78 is 28.7. The molecule has 0 bridgehead atoms. The van der Waals surface area contributed by atoms with Crippen molar-refractivity contribution in [2.45, 2.75) is 58.3 Å². The van der Waals surface area contributed by atoms with Crippen LogP contribution in [-0.2, 0) is 0 Å². The Balaban J connectivity index is 1.85. The van der Waals surface area contributed by atoms with Gasteiger partial charge < -0.3 is 0 Å². The van der Waals surface area contributed by atoms with Crippen molar-refractivity contribution in [3.05, 3.63) is 59.2 Å². The molecular weight excluding hydrogens is 302 g/mol. The van der Waals surface area contributed by atoms with Crippen molar-refractivity contribution in [1.82, 2.24) is 0 Å². The van der Waals surface area contributed by atoms with Crippen LogP contribution in [0.5, 0.6) is 0 Å². The summed E-state index contributed by atoms with van der Waals surface area (Å²) in [5, 5.41) is 0. The molecule has 2 aromatic carbocycles. The van der Waals surface area contributed by atoms with Crippen molar-refractivity contribution in [2.24, 2.45) is 5.92 Å². The highest BCUT2D eigenvalue weighted by Crippen LogP contribution is 2.36. The van der Waals surface area contributed by atoms with Gasteiger partial charge in [-0.1, -0.05) is 70.0 Å². The van der Waals surface area contributed by atoms with E-state index < -0.39 is 11.6 Å². The van der Waals surface area contributed by atoms with Gasteiger partial charge in [-0.05, 0) is 47.3 Å². The summed E-state index contributed by atoms with van der Waals surface area (Å²) in [6.07, 6.45) is 5.02. The van der Waals surface area contributed by atoms with Crippen molar-refractivity contribution >= 4 is 0 Å². The Morgan fingerprint density at radius 2 is 1.46 bits per heavy atom. The summed E-state index contributed by atoms with van der Waals surface area (Å²) in [4.78, 5) is 0. The first-order chi connectivity index (χ1) is 11.5. The van der Waals surface area contributed by atoms with Crippen LogP contribution in [0.15, 0.2) is 36.4 Å². The minimum Gasteiger partial charge on any atom is -0.203 e. The van der Waals surface area contributed by atoms with Crippen LogP contribution in [0.4, 0.5) is 8.78 Å². The molecule has 0 spiro atoms. The Morgan fingerprint density at radius 3 is 2.04 bits per heavy atom. The Kier molecular flexibility index (Phi) is 5.03. The molecule has 1 aliphatic rings. The Labute approximate surface area is 143 Å². The van der Waals surface area contributed by atoms with Crippen molar-refractivity contribution in [3.8, 4) is 11.1 Å². The van der Waals surface area contributed by atoms with Gasteiger partial charge in [-0.25, -0.2) is 8.78 Å². The largest absolute Gasteiger partial charge is 0.203 e. The molecule has 3 rings (SSSR count). The minimum atomic E-state index is -0.736. The first-order valence-electron chi connectivity index (χ1n) is 9.05. The molecule has 2 heteroatoms. The van der Waals surface area contributed by atoms with Gasteiger partial charge in [-0.2, -0.15) is 0 Å². The summed E-state index contributed by atoms with van der Waals surface area (Å²) in [6, 6.07) is 11.4. The van der Waals surface area contributed by atoms with E-state index in [-0.39, 0.29) is 5.92 Å². The van der Waals surface area contributed by atoms with Gasteiger partial charge in [0.1, 0.15) is 0 Å². The lowest BCUT2D eigenvalue weighted by Crippen LogP contribution is -2.10. The molecule has 0 saturated heterocycles. The number of hydrogen-bond donors (Lipinski definition) is 0. The fourth-order valence-electron chi connectivity index (χ4n) is 3.76. The lowest BCUT2D eigenvalue weighted by Gasteiger charge is -2.26. The Bertz CT molecular complexity index is 693. The van der Waals surface area contributed by atoms with Gasteiger partial charge in [0.15, 0.2) is 11.6 Å². The summed E-state index contributed by atoms with van der Waals surface area (Å²) in [7, 11) is 0. The Morgan fingerprint density at radius 1 is 0.833 bits per heavy atom. The fraction of sp³-hybridized carbons (Fsp3) is 0.455. The molecule has 0 unspecified atom stereocenters. The third kappa shape index (κ3) is 3.38. The van der Waals surface area contributed by atoms with E-state index in [1.54, 1.807) is 12.1 Å². The molecule has 1 fully saturated rings. The smallest absolute Gasteiger partial charge is 0.166 e. The van der Waals surface area contributed by atoms with Gasteiger partial charge in [0.2, 0.25) is 0 Å². The zero-order chi connectivity index (χ0) is 17.3.